The van der Waals surface area contributed by atoms with Gasteiger partial charge >= 0.3 is 0 Å². The molecule has 2 heterocycles. The molecule has 0 atom stereocenters. The Morgan fingerprint density at radius 1 is 1.59 bits per heavy atom. The van der Waals surface area contributed by atoms with Gasteiger partial charge in [0, 0.05) is 0 Å². The lowest BCUT2D eigenvalue weighted by molar-refractivity contribution is 0.0992. The predicted octanol–water partition coefficient (Wildman–Crippen LogP) is 1.58. The van der Waals surface area contributed by atoms with E-state index in [0.717, 1.165) is 12.8 Å². The second-order valence-electron chi connectivity index (χ2n) is 3.83. The van der Waals surface area contributed by atoms with Crippen LogP contribution >= 0.6 is 11.8 Å². The van der Waals surface area contributed by atoms with Crippen molar-refractivity contribution < 1.29 is 9.21 Å². The van der Waals surface area contributed by atoms with Crippen LogP contribution in [0.4, 0.5) is 0 Å². The van der Waals surface area contributed by atoms with Crippen LogP contribution in [0.3, 0.4) is 0 Å². The summed E-state index contributed by atoms with van der Waals surface area (Å²) in [7, 11) is 0. The Hall–Kier alpha value is -1.63. The van der Waals surface area contributed by atoms with E-state index in [2.05, 4.69) is 15.5 Å². The van der Waals surface area contributed by atoms with Gasteiger partial charge in [0.25, 0.3) is 0 Å². The first-order valence-electron chi connectivity index (χ1n) is 5.32. The molecule has 2 aromatic heterocycles. The van der Waals surface area contributed by atoms with Crippen molar-refractivity contribution in [3.05, 3.63) is 24.2 Å². The Kier molecular flexibility index (Phi) is 2.68. The summed E-state index contributed by atoms with van der Waals surface area (Å²) in [6.07, 6.45) is 3.72. The van der Waals surface area contributed by atoms with E-state index in [4.69, 9.17) is 4.42 Å². The lowest BCUT2D eigenvalue weighted by Gasteiger charge is -2.00. The maximum Gasteiger partial charge on any atom is 0.210 e. The molecule has 0 N–H and O–H groups in total. The highest BCUT2D eigenvalue weighted by molar-refractivity contribution is 7.99. The number of furan rings is 1. The van der Waals surface area contributed by atoms with Crippen LogP contribution in [0, 0.1) is 0 Å². The normalized spacial score (nSPS) is 15.1. The molecule has 1 fully saturated rings. The summed E-state index contributed by atoms with van der Waals surface area (Å²) in [6, 6.07) is 3.78. The van der Waals surface area contributed by atoms with Gasteiger partial charge in [-0.15, -0.1) is 5.10 Å². The standard InChI is InChI=1S/C10H10N4O2S/c15-8(9-2-1-5-16-9)6-17-10-11-12-13-14(10)7-3-4-7/h1-2,5,7H,3-4,6H2. The largest absolute Gasteiger partial charge is 0.461 e. The number of tetrazole rings is 1. The van der Waals surface area contributed by atoms with Gasteiger partial charge < -0.3 is 4.42 Å². The molecule has 0 radical (unpaired) electrons. The molecule has 1 aliphatic carbocycles. The van der Waals surface area contributed by atoms with E-state index in [1.165, 1.54) is 18.0 Å². The molecular weight excluding hydrogens is 240 g/mol. The molecule has 88 valence electrons. The Morgan fingerprint density at radius 3 is 3.18 bits per heavy atom. The maximum absolute atomic E-state index is 11.7. The molecule has 0 amide bonds. The number of aromatic nitrogens is 4. The van der Waals surface area contributed by atoms with Gasteiger partial charge in [0.1, 0.15) is 0 Å². The van der Waals surface area contributed by atoms with Crippen LogP contribution in [-0.2, 0) is 0 Å². The first kappa shape index (κ1) is 10.5. The zero-order chi connectivity index (χ0) is 11.7. The zero-order valence-corrected chi connectivity index (χ0v) is 9.76. The fourth-order valence-electron chi connectivity index (χ4n) is 1.47. The lowest BCUT2D eigenvalue weighted by Crippen LogP contribution is -2.04. The number of carbonyl (C=O) groups is 1. The van der Waals surface area contributed by atoms with Crippen molar-refractivity contribution in [3.63, 3.8) is 0 Å². The van der Waals surface area contributed by atoms with Crippen molar-refractivity contribution in [2.75, 3.05) is 5.75 Å². The summed E-state index contributed by atoms with van der Waals surface area (Å²) in [5.74, 6) is 0.619. The predicted molar refractivity (Wildman–Crippen MR) is 59.9 cm³/mol. The van der Waals surface area contributed by atoms with Crippen molar-refractivity contribution >= 4 is 17.5 Å². The zero-order valence-electron chi connectivity index (χ0n) is 8.94. The van der Waals surface area contributed by atoms with Gasteiger partial charge in [-0.05, 0) is 35.4 Å². The number of hydrogen-bond donors (Lipinski definition) is 0. The minimum Gasteiger partial charge on any atom is -0.461 e. The lowest BCUT2D eigenvalue weighted by atomic mass is 10.3. The number of hydrogen-bond acceptors (Lipinski definition) is 6. The van der Waals surface area contributed by atoms with Crippen molar-refractivity contribution in [2.45, 2.75) is 24.0 Å². The fourth-order valence-corrected chi connectivity index (χ4v) is 2.28. The number of thioether (sulfide) groups is 1. The third kappa shape index (κ3) is 2.23. The van der Waals surface area contributed by atoms with E-state index in [9.17, 15) is 4.79 Å². The van der Waals surface area contributed by atoms with Gasteiger partial charge in [-0.25, -0.2) is 4.68 Å². The van der Waals surface area contributed by atoms with Crippen LogP contribution < -0.4 is 0 Å². The molecule has 1 aliphatic rings. The number of Topliss-reactive ketones (excluding diaryl/α,β-unsaturated/α-hetero) is 1. The van der Waals surface area contributed by atoms with Crippen LogP contribution in [0.2, 0.25) is 0 Å². The number of carbonyl (C=O) groups excluding carboxylic acids is 1. The molecule has 3 rings (SSSR count). The van der Waals surface area contributed by atoms with Gasteiger partial charge in [-0.2, -0.15) is 0 Å². The quantitative estimate of drug-likeness (QED) is 0.592. The van der Waals surface area contributed by atoms with Gasteiger partial charge in [-0.1, -0.05) is 11.8 Å². The topological polar surface area (TPSA) is 73.8 Å². The van der Waals surface area contributed by atoms with Crippen molar-refractivity contribution in [1.82, 2.24) is 20.2 Å². The molecule has 6 nitrogen and oxygen atoms in total. The molecule has 17 heavy (non-hydrogen) atoms. The Balaban J connectivity index is 1.64. The van der Waals surface area contributed by atoms with Crippen LogP contribution in [0.5, 0.6) is 0 Å². The van der Waals surface area contributed by atoms with E-state index in [1.54, 1.807) is 16.8 Å². The second-order valence-corrected chi connectivity index (χ2v) is 4.77. The molecule has 7 heteroatoms. The minimum atomic E-state index is -0.0506. The summed E-state index contributed by atoms with van der Waals surface area (Å²) in [4.78, 5) is 11.7. The van der Waals surface area contributed by atoms with E-state index in [0.29, 0.717) is 22.7 Å². The molecular formula is C10H10N4O2S. The Morgan fingerprint density at radius 2 is 2.47 bits per heavy atom. The van der Waals surface area contributed by atoms with Crippen molar-refractivity contribution in [1.29, 1.82) is 0 Å². The third-order valence-electron chi connectivity index (χ3n) is 2.48. The average molecular weight is 250 g/mol. The number of nitrogens with zero attached hydrogens (tertiary/aromatic N) is 4. The SMILES string of the molecule is O=C(CSc1nnnn1C1CC1)c1ccco1. The molecule has 0 aliphatic heterocycles. The smallest absolute Gasteiger partial charge is 0.210 e. The first-order valence-corrected chi connectivity index (χ1v) is 6.30. The molecule has 0 unspecified atom stereocenters. The monoisotopic (exact) mass is 250 g/mol. The molecule has 0 bridgehead atoms. The van der Waals surface area contributed by atoms with Crippen LogP contribution in [0.25, 0.3) is 0 Å². The Labute approximate surface area is 101 Å². The molecule has 0 saturated heterocycles. The number of ketones is 1. The average Bonchev–Trinajstić information content (AvgIpc) is 2.87. The molecule has 0 aromatic carbocycles. The highest BCUT2D eigenvalue weighted by Gasteiger charge is 2.28. The van der Waals surface area contributed by atoms with Crippen molar-refractivity contribution in [2.24, 2.45) is 0 Å². The molecule has 1 saturated carbocycles. The minimum absolute atomic E-state index is 0.0506. The summed E-state index contributed by atoms with van der Waals surface area (Å²) in [6.45, 7) is 0. The van der Waals surface area contributed by atoms with E-state index in [1.807, 2.05) is 0 Å². The van der Waals surface area contributed by atoms with Crippen LogP contribution in [-0.4, -0.2) is 31.7 Å². The third-order valence-corrected chi connectivity index (χ3v) is 3.42. The maximum atomic E-state index is 11.7. The van der Waals surface area contributed by atoms with Crippen LogP contribution in [0.1, 0.15) is 29.4 Å². The summed E-state index contributed by atoms with van der Waals surface area (Å²) in [5, 5.41) is 12.2. The van der Waals surface area contributed by atoms with E-state index in [-0.39, 0.29) is 5.78 Å². The van der Waals surface area contributed by atoms with E-state index < -0.39 is 0 Å². The summed E-state index contributed by atoms with van der Waals surface area (Å²) >= 11 is 1.35. The Bertz CT molecular complexity index is 518. The fraction of sp³-hybridized carbons (Fsp3) is 0.400. The number of rotatable bonds is 5. The highest BCUT2D eigenvalue weighted by atomic mass is 32.2. The first-order chi connectivity index (χ1) is 8.34. The van der Waals surface area contributed by atoms with Gasteiger partial charge in [-0.3, -0.25) is 4.79 Å². The molecule has 2 aromatic rings. The summed E-state index contributed by atoms with van der Waals surface area (Å²) < 4.78 is 6.83. The second kappa shape index (κ2) is 4.33. The van der Waals surface area contributed by atoms with Gasteiger partial charge in [0.2, 0.25) is 10.9 Å². The van der Waals surface area contributed by atoms with Crippen molar-refractivity contribution in [3.8, 4) is 0 Å². The summed E-state index contributed by atoms with van der Waals surface area (Å²) in [5.41, 5.74) is 0. The van der Waals surface area contributed by atoms with Gasteiger partial charge in [0.05, 0.1) is 18.1 Å². The van der Waals surface area contributed by atoms with Crippen LogP contribution in [0.15, 0.2) is 28.0 Å². The molecule has 0 spiro atoms. The van der Waals surface area contributed by atoms with Gasteiger partial charge in [0.15, 0.2) is 5.76 Å². The van der Waals surface area contributed by atoms with E-state index >= 15 is 0 Å². The highest BCUT2D eigenvalue weighted by Crippen LogP contribution is 2.36.